The Morgan fingerprint density at radius 1 is 1.03 bits per heavy atom. The molecule has 2 aliphatic heterocycles. The number of nitrogens with one attached hydrogen (secondary N) is 3. The van der Waals surface area contributed by atoms with Crippen molar-refractivity contribution in [2.24, 2.45) is 0 Å². The van der Waals surface area contributed by atoms with Gasteiger partial charge in [0.05, 0.1) is 0 Å². The molecule has 180 valence electrons. The van der Waals surface area contributed by atoms with Crippen LogP contribution in [0.4, 0.5) is 0 Å². The van der Waals surface area contributed by atoms with Crippen LogP contribution in [0, 0.1) is 0 Å². The predicted molar refractivity (Wildman–Crippen MR) is 130 cm³/mol. The summed E-state index contributed by atoms with van der Waals surface area (Å²) in [6, 6.07) is 13.8. The molecule has 3 heterocycles. The van der Waals surface area contributed by atoms with Crippen molar-refractivity contribution in [1.29, 1.82) is 0 Å². The summed E-state index contributed by atoms with van der Waals surface area (Å²) in [5.41, 5.74) is 3.84. The predicted octanol–water partition coefficient (Wildman–Crippen LogP) is 3.02. The summed E-state index contributed by atoms with van der Waals surface area (Å²) < 4.78 is 6.39. The lowest BCUT2D eigenvalue weighted by molar-refractivity contribution is -0.136. The van der Waals surface area contributed by atoms with E-state index in [2.05, 4.69) is 39.9 Å². The second-order valence-electron chi connectivity index (χ2n) is 9.69. The molecule has 8 nitrogen and oxygen atoms in total. The van der Waals surface area contributed by atoms with Crippen molar-refractivity contribution in [2.45, 2.75) is 63.4 Å². The molecule has 1 saturated carbocycles. The van der Waals surface area contributed by atoms with Crippen LogP contribution in [-0.2, 0) is 22.7 Å². The van der Waals surface area contributed by atoms with Crippen molar-refractivity contribution in [3.05, 3.63) is 65.4 Å². The maximum atomic E-state index is 12.9. The number of carbonyl (C=O) groups is 3. The van der Waals surface area contributed by atoms with Gasteiger partial charge in [-0.3, -0.25) is 19.7 Å². The zero-order valence-corrected chi connectivity index (χ0v) is 19.4. The molecule has 3 aliphatic rings. The molecule has 1 saturated heterocycles. The van der Waals surface area contributed by atoms with E-state index < -0.39 is 11.9 Å². The first-order valence-electron chi connectivity index (χ1n) is 12.3. The van der Waals surface area contributed by atoms with Crippen LogP contribution in [0.3, 0.4) is 0 Å². The van der Waals surface area contributed by atoms with E-state index in [0.29, 0.717) is 18.5 Å². The maximum absolute atomic E-state index is 12.9. The van der Waals surface area contributed by atoms with Crippen LogP contribution in [0.5, 0.6) is 5.75 Å². The summed E-state index contributed by atoms with van der Waals surface area (Å²) in [6.07, 6.45) is 5.77. The molecule has 1 aromatic heterocycles. The van der Waals surface area contributed by atoms with Crippen LogP contribution < -0.4 is 15.4 Å². The van der Waals surface area contributed by atoms with Gasteiger partial charge in [0.1, 0.15) is 17.9 Å². The van der Waals surface area contributed by atoms with Crippen LogP contribution in [0.2, 0.25) is 0 Å². The van der Waals surface area contributed by atoms with Crippen LogP contribution >= 0.6 is 0 Å². The van der Waals surface area contributed by atoms with Crippen LogP contribution in [-0.4, -0.2) is 45.8 Å². The number of piperidine rings is 1. The molecule has 0 bridgehead atoms. The molecule has 1 unspecified atom stereocenters. The molecular formula is C27H28N4O4. The summed E-state index contributed by atoms with van der Waals surface area (Å²) in [7, 11) is 0. The Bertz CT molecular complexity index is 1320. The van der Waals surface area contributed by atoms with Crippen molar-refractivity contribution in [1.82, 2.24) is 20.5 Å². The molecule has 0 radical (unpaired) electrons. The second kappa shape index (κ2) is 8.85. The topological polar surface area (TPSA) is 104 Å². The highest BCUT2D eigenvalue weighted by molar-refractivity contribution is 6.05. The molecule has 6 rings (SSSR count). The van der Waals surface area contributed by atoms with Crippen molar-refractivity contribution >= 4 is 28.6 Å². The van der Waals surface area contributed by atoms with Gasteiger partial charge in [-0.25, -0.2) is 0 Å². The number of hydrogen-bond acceptors (Lipinski definition) is 5. The van der Waals surface area contributed by atoms with Gasteiger partial charge in [0.2, 0.25) is 11.8 Å². The molecule has 35 heavy (non-hydrogen) atoms. The van der Waals surface area contributed by atoms with Gasteiger partial charge < -0.3 is 19.9 Å². The first kappa shape index (κ1) is 21.9. The molecule has 1 aliphatic carbocycles. The van der Waals surface area contributed by atoms with Crippen molar-refractivity contribution < 1.29 is 19.1 Å². The summed E-state index contributed by atoms with van der Waals surface area (Å²) >= 11 is 0. The number of nitrogens with zero attached hydrogens (tertiary/aromatic N) is 1. The van der Waals surface area contributed by atoms with Gasteiger partial charge in [-0.1, -0.05) is 6.07 Å². The number of aromatic nitrogens is 1. The number of amides is 3. The molecular weight excluding hydrogens is 444 g/mol. The Hall–Kier alpha value is -3.65. The summed E-state index contributed by atoms with van der Waals surface area (Å²) in [4.78, 5) is 41.5. The second-order valence-corrected chi connectivity index (χ2v) is 9.69. The number of fused-ring (bicyclic) bond motifs is 2. The minimum Gasteiger partial charge on any atom is -0.489 e. The number of imide groups is 1. The van der Waals surface area contributed by atoms with E-state index in [1.165, 1.54) is 10.9 Å². The smallest absolute Gasteiger partial charge is 0.255 e. The first-order valence-corrected chi connectivity index (χ1v) is 12.3. The van der Waals surface area contributed by atoms with Gasteiger partial charge in [0, 0.05) is 42.8 Å². The van der Waals surface area contributed by atoms with Crippen LogP contribution in [0.15, 0.2) is 48.7 Å². The van der Waals surface area contributed by atoms with Gasteiger partial charge in [-0.05, 0) is 78.6 Å². The summed E-state index contributed by atoms with van der Waals surface area (Å²) in [5.74, 6) is -0.0970. The Morgan fingerprint density at radius 3 is 2.83 bits per heavy atom. The van der Waals surface area contributed by atoms with E-state index >= 15 is 0 Å². The molecule has 3 N–H and O–H groups in total. The third-order valence-electron chi connectivity index (χ3n) is 7.42. The normalized spacial score (nSPS) is 24.2. The SMILES string of the molecule is O=C1CCC(N2Cc3cc(O[C@@H]4CCC[C@@H]4NCc4ccc5[nH]ccc5c4)ccc3C2=O)C(=O)N1. The molecule has 8 heteroatoms. The fourth-order valence-electron chi connectivity index (χ4n) is 5.56. The Morgan fingerprint density at radius 2 is 1.94 bits per heavy atom. The average Bonchev–Trinajstić information content (AvgIpc) is 3.57. The first-order chi connectivity index (χ1) is 17.0. The van der Waals surface area contributed by atoms with Crippen molar-refractivity contribution in [3.8, 4) is 5.75 Å². The molecule has 3 amide bonds. The molecule has 3 atom stereocenters. The number of hydrogen-bond donors (Lipinski definition) is 3. The van der Waals surface area contributed by atoms with Gasteiger partial charge in [0.15, 0.2) is 0 Å². The monoisotopic (exact) mass is 472 g/mol. The van der Waals surface area contributed by atoms with Crippen molar-refractivity contribution in [3.63, 3.8) is 0 Å². The lowest BCUT2D eigenvalue weighted by Crippen LogP contribution is -2.52. The molecule has 3 aromatic rings. The zero-order chi connectivity index (χ0) is 23.9. The van der Waals surface area contributed by atoms with Gasteiger partial charge in [-0.2, -0.15) is 0 Å². The number of ether oxygens (including phenoxy) is 1. The molecule has 2 aromatic carbocycles. The third kappa shape index (κ3) is 4.18. The number of benzene rings is 2. The molecule has 2 fully saturated rings. The van der Waals surface area contributed by atoms with Gasteiger partial charge >= 0.3 is 0 Å². The lowest BCUT2D eigenvalue weighted by Gasteiger charge is -2.29. The highest BCUT2D eigenvalue weighted by Gasteiger charge is 2.39. The lowest BCUT2D eigenvalue weighted by atomic mass is 10.0. The van der Waals surface area contributed by atoms with E-state index in [1.54, 1.807) is 11.0 Å². The minimum atomic E-state index is -0.606. The zero-order valence-electron chi connectivity index (χ0n) is 19.4. The number of carbonyl (C=O) groups excluding carboxylic acids is 3. The van der Waals surface area contributed by atoms with E-state index in [9.17, 15) is 14.4 Å². The third-order valence-corrected chi connectivity index (χ3v) is 7.42. The van der Waals surface area contributed by atoms with E-state index in [0.717, 1.165) is 42.6 Å². The number of H-pyrrole nitrogens is 1. The highest BCUT2D eigenvalue weighted by atomic mass is 16.5. The van der Waals surface area contributed by atoms with Crippen molar-refractivity contribution in [2.75, 3.05) is 0 Å². The van der Waals surface area contributed by atoms with E-state index in [4.69, 9.17) is 4.74 Å². The van der Waals surface area contributed by atoms with Gasteiger partial charge in [0.25, 0.3) is 5.91 Å². The maximum Gasteiger partial charge on any atom is 0.255 e. The molecule has 0 spiro atoms. The van der Waals surface area contributed by atoms with E-state index in [1.807, 2.05) is 18.3 Å². The standard InChI is InChI=1S/C27H28N4O4/c32-25-9-8-23(26(33)30-25)31-15-18-13-19(5-6-20(18)27(31)34)35-24-3-1-2-22(24)29-14-16-4-7-21-17(12-16)10-11-28-21/h4-7,10-13,22-24,28-29H,1-3,8-9,14-15H2,(H,30,32,33)/t22-,23?,24+/m0/s1. The number of rotatable bonds is 6. The Labute approximate surface area is 203 Å². The summed E-state index contributed by atoms with van der Waals surface area (Å²) in [5, 5.41) is 7.23. The highest BCUT2D eigenvalue weighted by Crippen LogP contribution is 2.32. The summed E-state index contributed by atoms with van der Waals surface area (Å²) in [6.45, 7) is 1.14. The quantitative estimate of drug-likeness (QED) is 0.479. The van der Waals surface area contributed by atoms with Gasteiger partial charge in [-0.15, -0.1) is 0 Å². The van der Waals surface area contributed by atoms with Crippen LogP contribution in [0.25, 0.3) is 10.9 Å². The average molecular weight is 473 g/mol. The van der Waals surface area contributed by atoms with Crippen LogP contribution in [0.1, 0.15) is 53.6 Å². The largest absolute Gasteiger partial charge is 0.489 e. The Kier molecular flexibility index (Phi) is 5.53. The van der Waals surface area contributed by atoms with E-state index in [-0.39, 0.29) is 30.4 Å². The Balaban J connectivity index is 1.10. The number of aromatic amines is 1. The fourth-order valence-corrected chi connectivity index (χ4v) is 5.56. The minimum absolute atomic E-state index is 0.0624. The fraction of sp³-hybridized carbons (Fsp3) is 0.370.